The van der Waals surface area contributed by atoms with Crippen LogP contribution in [0.3, 0.4) is 0 Å². The van der Waals surface area contributed by atoms with Crippen LogP contribution < -0.4 is 10.5 Å². The highest BCUT2D eigenvalue weighted by molar-refractivity contribution is 5.87. The van der Waals surface area contributed by atoms with Crippen LogP contribution >= 0.6 is 0 Å². The van der Waals surface area contributed by atoms with E-state index >= 15 is 0 Å². The first-order chi connectivity index (χ1) is 16.8. The number of nitrogens with zero attached hydrogens (tertiary/aromatic N) is 2. The van der Waals surface area contributed by atoms with E-state index in [0.717, 1.165) is 37.8 Å². The summed E-state index contributed by atoms with van der Waals surface area (Å²) < 4.78 is 10.8. The van der Waals surface area contributed by atoms with Gasteiger partial charge in [0.15, 0.2) is 0 Å². The fraction of sp³-hybridized carbons (Fsp3) is 0.483. The number of allylic oxidation sites excluding steroid dienone is 8. The maximum absolute atomic E-state index is 11.3. The number of amidine groups is 1. The number of esters is 1. The molecule has 0 amide bonds. The fourth-order valence-electron chi connectivity index (χ4n) is 4.31. The van der Waals surface area contributed by atoms with Gasteiger partial charge in [-0.2, -0.15) is 0 Å². The van der Waals surface area contributed by atoms with Crippen LogP contribution in [0.25, 0.3) is 5.57 Å². The molecule has 6 heteroatoms. The lowest BCUT2D eigenvalue weighted by Crippen LogP contribution is -2.32. The Hall–Kier alpha value is -3.15. The predicted molar refractivity (Wildman–Crippen MR) is 142 cm³/mol. The summed E-state index contributed by atoms with van der Waals surface area (Å²) in [4.78, 5) is 20.4. The summed E-state index contributed by atoms with van der Waals surface area (Å²) in [7, 11) is 1.35. The number of aliphatic imine (C=N–C) groups is 1. The Kier molecular flexibility index (Phi) is 9.47. The van der Waals surface area contributed by atoms with Crippen LogP contribution in [-0.4, -0.2) is 37.1 Å². The average molecular weight is 478 g/mol. The van der Waals surface area contributed by atoms with Crippen LogP contribution in [0.2, 0.25) is 0 Å². The van der Waals surface area contributed by atoms with Gasteiger partial charge >= 0.3 is 5.97 Å². The van der Waals surface area contributed by atoms with Crippen molar-refractivity contribution in [3.8, 4) is 5.88 Å². The summed E-state index contributed by atoms with van der Waals surface area (Å²) in [6, 6.07) is 4.32. The Bertz CT molecular complexity index is 1030. The van der Waals surface area contributed by atoms with Crippen LogP contribution in [0.1, 0.15) is 70.1 Å². The SMILES string of the molecule is COC(=O)CN=C(N)C(C)(C)CCCCOc1cc(C2C=CC=CC2C)cc(C2=CC=CCC2)n1. The largest absolute Gasteiger partial charge is 0.478 e. The molecule has 0 fully saturated rings. The van der Waals surface area contributed by atoms with Crippen LogP contribution in [0.4, 0.5) is 0 Å². The Morgan fingerprint density at radius 1 is 1.20 bits per heavy atom. The maximum atomic E-state index is 11.3. The quantitative estimate of drug-likeness (QED) is 0.189. The number of hydrogen-bond acceptors (Lipinski definition) is 5. The van der Waals surface area contributed by atoms with E-state index in [0.29, 0.717) is 30.2 Å². The molecule has 2 aliphatic rings. The van der Waals surface area contributed by atoms with Gasteiger partial charge in [-0.3, -0.25) is 9.79 Å². The second-order valence-electron chi connectivity index (χ2n) is 9.90. The molecule has 0 bridgehead atoms. The topological polar surface area (TPSA) is 86.8 Å². The van der Waals surface area contributed by atoms with Crippen molar-refractivity contribution in [2.24, 2.45) is 22.1 Å². The zero-order valence-electron chi connectivity index (χ0n) is 21.5. The van der Waals surface area contributed by atoms with Crippen LogP contribution in [0, 0.1) is 11.3 Å². The zero-order chi connectivity index (χ0) is 25.3. The molecular weight excluding hydrogens is 438 g/mol. The summed E-state index contributed by atoms with van der Waals surface area (Å²) in [5, 5.41) is 0. The van der Waals surface area contributed by atoms with Gasteiger partial charge < -0.3 is 15.2 Å². The molecule has 2 N–H and O–H groups in total. The number of nitrogens with two attached hydrogens (primary N) is 1. The van der Waals surface area contributed by atoms with Crippen LogP contribution in [0.15, 0.2) is 59.7 Å². The van der Waals surface area contributed by atoms with E-state index in [2.05, 4.69) is 71.3 Å². The Labute approximate surface area is 209 Å². The third-order valence-corrected chi connectivity index (χ3v) is 6.71. The minimum absolute atomic E-state index is 0.0456. The molecule has 6 nitrogen and oxygen atoms in total. The monoisotopic (exact) mass is 477 g/mol. The third kappa shape index (κ3) is 7.67. The second kappa shape index (κ2) is 12.5. The van der Waals surface area contributed by atoms with E-state index in [4.69, 9.17) is 15.5 Å². The molecule has 188 valence electrons. The van der Waals surface area contributed by atoms with E-state index < -0.39 is 0 Å². The van der Waals surface area contributed by atoms with Gasteiger partial charge in [0, 0.05) is 17.4 Å². The summed E-state index contributed by atoms with van der Waals surface area (Å²) in [6.07, 6.45) is 19.9. The van der Waals surface area contributed by atoms with Crippen LogP contribution in [-0.2, 0) is 9.53 Å². The minimum Gasteiger partial charge on any atom is -0.478 e. The van der Waals surface area contributed by atoms with Gasteiger partial charge in [-0.1, -0.05) is 63.3 Å². The number of unbranched alkanes of at least 4 members (excludes halogenated alkanes) is 1. The number of ether oxygens (including phenoxy) is 2. The number of carbonyl (C=O) groups is 1. The molecule has 2 aliphatic carbocycles. The normalized spacial score (nSPS) is 20.0. The molecular formula is C29H39N3O3. The summed E-state index contributed by atoms with van der Waals surface area (Å²) in [5.74, 6) is 1.51. The number of methoxy groups -OCH3 is 1. The number of aromatic nitrogens is 1. The molecule has 35 heavy (non-hydrogen) atoms. The van der Waals surface area contributed by atoms with Gasteiger partial charge in [-0.15, -0.1) is 0 Å². The molecule has 0 spiro atoms. The Morgan fingerprint density at radius 2 is 2.00 bits per heavy atom. The molecule has 1 aromatic heterocycles. The van der Waals surface area contributed by atoms with E-state index in [1.807, 2.05) is 13.8 Å². The number of hydrogen-bond donors (Lipinski definition) is 1. The Morgan fingerprint density at radius 3 is 2.71 bits per heavy atom. The van der Waals surface area contributed by atoms with E-state index in [1.54, 1.807) is 0 Å². The molecule has 3 rings (SSSR count). The molecule has 0 radical (unpaired) electrons. The molecule has 0 saturated heterocycles. The number of carbonyl (C=O) groups excluding carboxylic acids is 1. The lowest BCUT2D eigenvalue weighted by molar-refractivity contribution is -0.138. The summed E-state index contributed by atoms with van der Waals surface area (Å²) in [6.45, 7) is 6.87. The van der Waals surface area contributed by atoms with Gasteiger partial charge in [0.1, 0.15) is 12.4 Å². The lowest BCUT2D eigenvalue weighted by Gasteiger charge is -2.24. The first-order valence-electron chi connectivity index (χ1n) is 12.5. The van der Waals surface area contributed by atoms with Crippen molar-refractivity contribution in [2.45, 2.75) is 58.8 Å². The van der Waals surface area contributed by atoms with Gasteiger partial charge in [0.25, 0.3) is 0 Å². The average Bonchev–Trinajstić information content (AvgIpc) is 2.87. The predicted octanol–water partition coefficient (Wildman–Crippen LogP) is 5.77. The molecule has 2 unspecified atom stereocenters. The van der Waals surface area contributed by atoms with E-state index in [-0.39, 0.29) is 17.9 Å². The molecule has 1 aromatic rings. The molecule has 0 aromatic carbocycles. The molecule has 1 heterocycles. The van der Waals surface area contributed by atoms with Crippen molar-refractivity contribution in [1.29, 1.82) is 0 Å². The number of pyridine rings is 1. The van der Waals surface area contributed by atoms with Crippen molar-refractivity contribution in [3.63, 3.8) is 0 Å². The first-order valence-corrected chi connectivity index (χ1v) is 12.5. The van der Waals surface area contributed by atoms with Crippen molar-refractivity contribution < 1.29 is 14.3 Å². The highest BCUT2D eigenvalue weighted by Gasteiger charge is 2.23. The molecule has 0 saturated carbocycles. The summed E-state index contributed by atoms with van der Waals surface area (Å²) >= 11 is 0. The van der Waals surface area contributed by atoms with Crippen molar-refractivity contribution >= 4 is 17.4 Å². The highest BCUT2D eigenvalue weighted by Crippen LogP contribution is 2.34. The smallest absolute Gasteiger partial charge is 0.327 e. The minimum atomic E-state index is -0.389. The van der Waals surface area contributed by atoms with Gasteiger partial charge in [-0.25, -0.2) is 4.98 Å². The lowest BCUT2D eigenvalue weighted by atomic mass is 9.84. The van der Waals surface area contributed by atoms with Gasteiger partial charge in [-0.05, 0) is 55.2 Å². The van der Waals surface area contributed by atoms with Crippen molar-refractivity contribution in [2.75, 3.05) is 20.3 Å². The van der Waals surface area contributed by atoms with Gasteiger partial charge in [0.05, 0.1) is 19.4 Å². The van der Waals surface area contributed by atoms with E-state index in [1.165, 1.54) is 18.2 Å². The molecule has 2 atom stereocenters. The zero-order valence-corrected chi connectivity index (χ0v) is 21.5. The van der Waals surface area contributed by atoms with Crippen molar-refractivity contribution in [1.82, 2.24) is 4.98 Å². The van der Waals surface area contributed by atoms with Gasteiger partial charge in [0.2, 0.25) is 5.88 Å². The standard InChI is InChI=1S/C29H39N3O3/c1-21-12-8-9-15-24(21)23-18-25(22-13-6-5-7-14-22)32-26(19-23)35-17-11-10-16-29(2,3)28(30)31-20-27(33)34-4/h5-6,8-9,12-13,15,18-19,21,24H,7,10-11,14,16-17,20H2,1-4H3,(H2,30,31). The second-order valence-corrected chi connectivity index (χ2v) is 9.90. The maximum Gasteiger partial charge on any atom is 0.327 e. The van der Waals surface area contributed by atoms with Crippen molar-refractivity contribution in [3.05, 3.63) is 65.9 Å². The fourth-order valence-corrected chi connectivity index (χ4v) is 4.31. The van der Waals surface area contributed by atoms with E-state index in [9.17, 15) is 4.79 Å². The number of rotatable bonds is 11. The molecule has 0 aliphatic heterocycles. The third-order valence-electron chi connectivity index (χ3n) is 6.71. The highest BCUT2D eigenvalue weighted by atomic mass is 16.5. The summed E-state index contributed by atoms with van der Waals surface area (Å²) in [5.41, 5.74) is 9.34. The van der Waals surface area contributed by atoms with Crippen LogP contribution in [0.5, 0.6) is 5.88 Å². The first kappa shape index (κ1) is 26.5. The Balaban J connectivity index is 1.62.